The van der Waals surface area contributed by atoms with Crippen LogP contribution in [-0.2, 0) is 19.7 Å². The molecule has 2 aromatic carbocycles. The summed E-state index contributed by atoms with van der Waals surface area (Å²) in [6.45, 7) is 4.54. The lowest BCUT2D eigenvalue weighted by Crippen LogP contribution is -2.49. The Balaban J connectivity index is 2.99. The Hall–Kier alpha value is -2.90. The fraction of sp³-hybridized carbons (Fsp3) is 0.300. The van der Waals surface area contributed by atoms with Gasteiger partial charge in [-0.1, -0.05) is 24.3 Å². The molecule has 1 unspecified atom stereocenters. The summed E-state index contributed by atoms with van der Waals surface area (Å²) in [5.74, 6) is 0. The number of nitriles is 1. The number of amides is 1. The van der Waals surface area contributed by atoms with Gasteiger partial charge in [0.05, 0.1) is 21.4 Å². The zero-order chi connectivity index (χ0) is 22.9. The van der Waals surface area contributed by atoms with Crippen molar-refractivity contribution in [3.05, 3.63) is 59.7 Å². The minimum absolute atomic E-state index is 0.00710. The number of nitrogens with zero attached hydrogens (tertiary/aromatic N) is 2. The highest BCUT2D eigenvalue weighted by Crippen LogP contribution is 2.39. The maximum Gasteiger partial charge on any atom is 0.409 e. The van der Waals surface area contributed by atoms with E-state index in [1.54, 1.807) is 6.07 Å². The Morgan fingerprint density at radius 2 is 1.63 bits per heavy atom. The summed E-state index contributed by atoms with van der Waals surface area (Å²) in [5.41, 5.74) is -1.42. The molecule has 1 amide bonds. The Morgan fingerprint density at radius 1 is 1.07 bits per heavy atom. The van der Waals surface area contributed by atoms with Crippen molar-refractivity contribution in [1.82, 2.24) is 4.90 Å². The highest BCUT2D eigenvalue weighted by atomic mass is 32.2. The molecular weight excluding hydrogens is 428 g/mol. The van der Waals surface area contributed by atoms with E-state index < -0.39 is 41.6 Å². The minimum Gasteiger partial charge on any atom is -0.465 e. The molecule has 10 heteroatoms. The molecule has 0 aliphatic rings. The van der Waals surface area contributed by atoms with Gasteiger partial charge >= 0.3 is 6.09 Å². The highest BCUT2D eigenvalue weighted by molar-refractivity contribution is 7.92. The molecule has 2 rings (SSSR count). The van der Waals surface area contributed by atoms with Gasteiger partial charge in [0.15, 0.2) is 15.2 Å². The lowest BCUT2D eigenvalue weighted by molar-refractivity contribution is 0.0897. The summed E-state index contributed by atoms with van der Waals surface area (Å²) < 4.78 is 52.1. The second kappa shape index (κ2) is 8.08. The van der Waals surface area contributed by atoms with Crippen LogP contribution in [0.5, 0.6) is 0 Å². The van der Waals surface area contributed by atoms with E-state index in [9.17, 15) is 26.7 Å². The van der Waals surface area contributed by atoms with Crippen molar-refractivity contribution in [2.75, 3.05) is 6.26 Å². The van der Waals surface area contributed by atoms with E-state index >= 15 is 0 Å². The van der Waals surface area contributed by atoms with Crippen molar-refractivity contribution in [2.45, 2.75) is 41.5 Å². The summed E-state index contributed by atoms with van der Waals surface area (Å²) >= 11 is 0. The third kappa shape index (κ3) is 4.63. The molecular formula is C20H22N2O6S2. The normalized spacial score (nSPS) is 13.3. The first kappa shape index (κ1) is 23.4. The number of rotatable bonds is 5. The van der Waals surface area contributed by atoms with E-state index in [2.05, 4.69) is 0 Å². The van der Waals surface area contributed by atoms with E-state index in [0.29, 0.717) is 4.90 Å². The molecule has 0 spiro atoms. The van der Waals surface area contributed by atoms with Crippen molar-refractivity contribution in [3.63, 3.8) is 0 Å². The molecule has 0 saturated heterocycles. The van der Waals surface area contributed by atoms with E-state index in [1.807, 2.05) is 6.07 Å². The Kier molecular flexibility index (Phi) is 6.30. The predicted octanol–water partition coefficient (Wildman–Crippen LogP) is 3.21. The van der Waals surface area contributed by atoms with Gasteiger partial charge in [0, 0.05) is 17.4 Å². The molecule has 30 heavy (non-hydrogen) atoms. The number of benzene rings is 2. The number of carboxylic acid groups (broad SMARTS) is 1. The molecule has 8 nitrogen and oxygen atoms in total. The first-order valence-corrected chi connectivity index (χ1v) is 12.2. The number of sulfone groups is 2. The van der Waals surface area contributed by atoms with Crippen molar-refractivity contribution in [1.29, 1.82) is 5.26 Å². The van der Waals surface area contributed by atoms with Crippen molar-refractivity contribution in [3.8, 4) is 6.07 Å². The van der Waals surface area contributed by atoms with Gasteiger partial charge < -0.3 is 5.11 Å². The molecule has 0 aliphatic heterocycles. The van der Waals surface area contributed by atoms with Crippen molar-refractivity contribution in [2.24, 2.45) is 0 Å². The average molecular weight is 451 g/mol. The van der Waals surface area contributed by atoms with Gasteiger partial charge in [0.25, 0.3) is 0 Å². The molecule has 0 radical (unpaired) electrons. The Labute approximate surface area is 176 Å². The zero-order valence-electron chi connectivity index (χ0n) is 16.9. The summed E-state index contributed by atoms with van der Waals surface area (Å²) in [7, 11) is -8.38. The largest absolute Gasteiger partial charge is 0.465 e. The van der Waals surface area contributed by atoms with Gasteiger partial charge in [-0.25, -0.2) is 21.6 Å². The van der Waals surface area contributed by atoms with Crippen LogP contribution in [0.15, 0.2) is 58.3 Å². The number of hydrogen-bond acceptors (Lipinski definition) is 6. The number of hydrogen-bond donors (Lipinski definition) is 1. The van der Waals surface area contributed by atoms with Gasteiger partial charge in [-0.3, -0.25) is 4.90 Å². The molecule has 0 aromatic heterocycles. The fourth-order valence-corrected chi connectivity index (χ4v) is 6.09. The topological polar surface area (TPSA) is 133 Å². The maximum absolute atomic E-state index is 13.6. The zero-order valence-corrected chi connectivity index (χ0v) is 18.5. The average Bonchev–Trinajstić information content (AvgIpc) is 2.64. The van der Waals surface area contributed by atoms with E-state index in [4.69, 9.17) is 5.26 Å². The summed E-state index contributed by atoms with van der Waals surface area (Å²) in [4.78, 5) is 12.3. The van der Waals surface area contributed by atoms with Crippen LogP contribution in [0, 0.1) is 11.3 Å². The molecule has 0 bridgehead atoms. The van der Waals surface area contributed by atoms with Crippen LogP contribution in [0.3, 0.4) is 0 Å². The second-order valence-electron chi connectivity index (χ2n) is 7.67. The molecule has 1 atom stereocenters. The van der Waals surface area contributed by atoms with Crippen molar-refractivity contribution < 1.29 is 26.7 Å². The molecule has 0 fully saturated rings. The quantitative estimate of drug-likeness (QED) is 0.739. The third-order valence-electron chi connectivity index (χ3n) is 4.34. The van der Waals surface area contributed by atoms with Crippen LogP contribution in [-0.4, -0.2) is 44.7 Å². The smallest absolute Gasteiger partial charge is 0.409 e. The first-order chi connectivity index (χ1) is 13.7. The summed E-state index contributed by atoms with van der Waals surface area (Å²) in [5, 5.41) is 17.2. The van der Waals surface area contributed by atoms with Gasteiger partial charge in [-0.2, -0.15) is 5.26 Å². The molecule has 1 N–H and O–H groups in total. The third-order valence-corrected chi connectivity index (χ3v) is 7.47. The second-order valence-corrected chi connectivity index (χ2v) is 11.7. The molecule has 0 saturated carbocycles. The van der Waals surface area contributed by atoms with Crippen LogP contribution in [0.1, 0.15) is 37.3 Å². The lowest BCUT2D eigenvalue weighted by Gasteiger charge is -2.39. The Bertz CT molecular complexity index is 1210. The fourth-order valence-electron chi connectivity index (χ4n) is 3.05. The maximum atomic E-state index is 13.6. The minimum atomic E-state index is -4.39. The predicted molar refractivity (Wildman–Crippen MR) is 110 cm³/mol. The Morgan fingerprint density at radius 3 is 2.07 bits per heavy atom. The van der Waals surface area contributed by atoms with Crippen LogP contribution >= 0.6 is 0 Å². The molecule has 160 valence electrons. The van der Waals surface area contributed by atoms with Gasteiger partial charge in [0.2, 0.25) is 9.84 Å². The summed E-state index contributed by atoms with van der Waals surface area (Å²) in [6, 6.07) is 12.5. The standard InChI is InChI=1S/C20H22N2O6S2/c1-20(2,3)22(19(23)24)18(30(27,28)15-8-6-5-7-9-15)16-11-10-14(13-21)12-17(16)29(4,25)26/h5-12,18H,1-4H3,(H,23,24). The van der Waals surface area contributed by atoms with Crippen molar-refractivity contribution >= 4 is 25.8 Å². The molecule has 0 aliphatic carbocycles. The van der Waals surface area contributed by atoms with E-state index in [1.165, 1.54) is 57.2 Å². The van der Waals surface area contributed by atoms with Crippen LogP contribution in [0.2, 0.25) is 0 Å². The van der Waals surface area contributed by atoms with Gasteiger partial charge in [-0.15, -0.1) is 0 Å². The monoisotopic (exact) mass is 450 g/mol. The summed E-state index contributed by atoms with van der Waals surface area (Å²) in [6.07, 6.45) is -0.655. The van der Waals surface area contributed by atoms with Crippen LogP contribution in [0.25, 0.3) is 0 Å². The van der Waals surface area contributed by atoms with Crippen LogP contribution < -0.4 is 0 Å². The molecule has 2 aromatic rings. The van der Waals surface area contributed by atoms with E-state index in [-0.39, 0.29) is 16.0 Å². The van der Waals surface area contributed by atoms with Crippen LogP contribution in [0.4, 0.5) is 4.79 Å². The highest BCUT2D eigenvalue weighted by Gasteiger charge is 2.44. The van der Waals surface area contributed by atoms with E-state index in [0.717, 1.165) is 12.3 Å². The van der Waals surface area contributed by atoms with Gasteiger partial charge in [0.1, 0.15) is 0 Å². The number of carbonyl (C=O) groups is 1. The van der Waals surface area contributed by atoms with Gasteiger partial charge in [-0.05, 0) is 45.0 Å². The SMILES string of the molecule is CC(C)(C)N(C(=O)O)C(c1ccc(C#N)cc1S(C)(=O)=O)S(=O)(=O)c1ccccc1. The molecule has 0 heterocycles. The lowest BCUT2D eigenvalue weighted by atomic mass is 10.0. The first-order valence-electron chi connectivity index (χ1n) is 8.76.